The normalized spacial score (nSPS) is 13.9. The summed E-state index contributed by atoms with van der Waals surface area (Å²) in [6.45, 7) is 0.412. The van der Waals surface area contributed by atoms with Crippen LogP contribution in [-0.4, -0.2) is 37.5 Å². The van der Waals surface area contributed by atoms with Crippen LogP contribution in [0.5, 0.6) is 0 Å². The van der Waals surface area contributed by atoms with Crippen LogP contribution in [-0.2, 0) is 19.6 Å². The molecular formula is C5H9FO5S. The number of alkyl halides is 1. The van der Waals surface area contributed by atoms with Crippen molar-refractivity contribution in [3.63, 3.8) is 0 Å². The van der Waals surface area contributed by atoms with Gasteiger partial charge in [-0.15, -0.1) is 0 Å². The number of carbonyl (C=O) groups excluding carboxylic acids is 1. The Morgan fingerprint density at radius 2 is 2.17 bits per heavy atom. The maximum Gasteiger partial charge on any atom is 0.302 e. The van der Waals surface area contributed by atoms with E-state index in [0.717, 1.165) is 6.92 Å². The number of esters is 1. The van der Waals surface area contributed by atoms with Crippen LogP contribution in [0.15, 0.2) is 0 Å². The highest BCUT2D eigenvalue weighted by Gasteiger charge is 2.16. The van der Waals surface area contributed by atoms with E-state index in [2.05, 4.69) is 4.74 Å². The van der Waals surface area contributed by atoms with Gasteiger partial charge in [-0.2, -0.15) is 8.42 Å². The van der Waals surface area contributed by atoms with Crippen LogP contribution < -0.4 is 0 Å². The smallest absolute Gasteiger partial charge is 0.302 e. The largest absolute Gasteiger partial charge is 0.463 e. The third-order valence-corrected chi connectivity index (χ3v) is 1.64. The first kappa shape index (κ1) is 11.3. The zero-order valence-electron chi connectivity index (χ0n) is 6.36. The Morgan fingerprint density at radius 1 is 1.67 bits per heavy atom. The van der Waals surface area contributed by atoms with Gasteiger partial charge in [-0.3, -0.25) is 9.35 Å². The van der Waals surface area contributed by atoms with Crippen LogP contribution in [0.1, 0.15) is 6.92 Å². The van der Waals surface area contributed by atoms with Crippen LogP contribution in [0.3, 0.4) is 0 Å². The SMILES string of the molecule is CC(=O)OCC(F)CS(=O)(=O)O. The lowest BCUT2D eigenvalue weighted by Gasteiger charge is -2.05. The van der Waals surface area contributed by atoms with Crippen LogP contribution in [0.25, 0.3) is 0 Å². The minimum atomic E-state index is -4.34. The fourth-order valence-electron chi connectivity index (χ4n) is 0.484. The van der Waals surface area contributed by atoms with Crippen molar-refractivity contribution in [2.45, 2.75) is 13.1 Å². The van der Waals surface area contributed by atoms with Gasteiger partial charge in [0, 0.05) is 6.92 Å². The van der Waals surface area contributed by atoms with Crippen molar-refractivity contribution in [2.75, 3.05) is 12.4 Å². The predicted molar refractivity (Wildman–Crippen MR) is 37.9 cm³/mol. The van der Waals surface area contributed by atoms with E-state index < -0.39 is 34.6 Å². The van der Waals surface area contributed by atoms with Crippen molar-refractivity contribution >= 4 is 16.1 Å². The Hall–Kier alpha value is -0.690. The molecule has 0 bridgehead atoms. The molecule has 1 unspecified atom stereocenters. The van der Waals surface area contributed by atoms with E-state index >= 15 is 0 Å². The first-order valence-corrected chi connectivity index (χ1v) is 4.65. The Morgan fingerprint density at radius 3 is 2.50 bits per heavy atom. The Labute approximate surface area is 69.3 Å². The molecule has 1 atom stereocenters. The van der Waals surface area contributed by atoms with Gasteiger partial charge in [0.05, 0.1) is 0 Å². The highest BCUT2D eigenvalue weighted by molar-refractivity contribution is 7.85. The van der Waals surface area contributed by atoms with E-state index in [4.69, 9.17) is 4.55 Å². The molecule has 0 saturated carbocycles. The second-order valence-electron chi connectivity index (χ2n) is 2.15. The first-order chi connectivity index (χ1) is 5.31. The predicted octanol–water partition coefficient (Wildman–Crippen LogP) is -0.225. The molecule has 0 spiro atoms. The summed E-state index contributed by atoms with van der Waals surface area (Å²) in [4.78, 5) is 10.1. The molecule has 12 heavy (non-hydrogen) atoms. The third-order valence-electron chi connectivity index (χ3n) is 0.859. The average molecular weight is 200 g/mol. The zero-order chi connectivity index (χ0) is 9.78. The van der Waals surface area contributed by atoms with Crippen molar-refractivity contribution in [1.29, 1.82) is 0 Å². The zero-order valence-corrected chi connectivity index (χ0v) is 7.17. The van der Waals surface area contributed by atoms with Crippen molar-refractivity contribution in [3.8, 4) is 0 Å². The van der Waals surface area contributed by atoms with Gasteiger partial charge in [0.2, 0.25) is 0 Å². The second kappa shape index (κ2) is 4.36. The highest BCUT2D eigenvalue weighted by Crippen LogP contribution is 1.97. The maximum absolute atomic E-state index is 12.4. The average Bonchev–Trinajstić information content (AvgIpc) is 1.79. The van der Waals surface area contributed by atoms with Gasteiger partial charge in [-0.1, -0.05) is 0 Å². The standard InChI is InChI=1S/C5H9FO5S/c1-4(7)11-2-5(6)3-12(8,9)10/h5H,2-3H2,1H3,(H,8,9,10). The van der Waals surface area contributed by atoms with Crippen LogP contribution in [0.4, 0.5) is 4.39 Å². The summed E-state index contributed by atoms with van der Waals surface area (Å²) in [6, 6.07) is 0. The third kappa shape index (κ3) is 7.42. The summed E-state index contributed by atoms with van der Waals surface area (Å²) >= 11 is 0. The molecule has 0 radical (unpaired) electrons. The molecule has 1 N–H and O–H groups in total. The van der Waals surface area contributed by atoms with E-state index in [1.807, 2.05) is 0 Å². The molecule has 0 amide bonds. The van der Waals surface area contributed by atoms with E-state index in [0.29, 0.717) is 0 Å². The highest BCUT2D eigenvalue weighted by atomic mass is 32.2. The summed E-state index contributed by atoms with van der Waals surface area (Å²) in [5.41, 5.74) is 0. The monoisotopic (exact) mass is 200 g/mol. The van der Waals surface area contributed by atoms with Gasteiger partial charge < -0.3 is 4.74 Å². The molecule has 0 aromatic carbocycles. The molecule has 72 valence electrons. The van der Waals surface area contributed by atoms with Gasteiger partial charge >= 0.3 is 5.97 Å². The lowest BCUT2D eigenvalue weighted by Crippen LogP contribution is -2.22. The molecule has 5 nitrogen and oxygen atoms in total. The molecule has 0 rings (SSSR count). The maximum atomic E-state index is 12.4. The molecule has 0 heterocycles. The second-order valence-corrected chi connectivity index (χ2v) is 3.65. The molecule has 0 aromatic rings. The van der Waals surface area contributed by atoms with E-state index in [9.17, 15) is 17.6 Å². The minimum absolute atomic E-state index is 0.658. The molecular weight excluding hydrogens is 191 g/mol. The Bertz CT molecular complexity index is 247. The molecule has 0 aliphatic rings. The molecule has 0 aliphatic heterocycles. The summed E-state index contributed by atoms with van der Waals surface area (Å²) in [5, 5.41) is 0. The molecule has 0 fully saturated rings. The summed E-state index contributed by atoms with van der Waals surface area (Å²) in [6.07, 6.45) is -1.89. The topological polar surface area (TPSA) is 80.7 Å². The lowest BCUT2D eigenvalue weighted by molar-refractivity contribution is -0.142. The minimum Gasteiger partial charge on any atom is -0.463 e. The fourth-order valence-corrected chi connectivity index (χ4v) is 1.04. The van der Waals surface area contributed by atoms with E-state index in [-0.39, 0.29) is 0 Å². The quantitative estimate of drug-likeness (QED) is 0.501. The van der Waals surface area contributed by atoms with Crippen LogP contribution >= 0.6 is 0 Å². The summed E-state index contributed by atoms with van der Waals surface area (Å²) in [5.74, 6) is -1.76. The van der Waals surface area contributed by atoms with Crippen molar-refractivity contribution in [2.24, 2.45) is 0 Å². The van der Waals surface area contributed by atoms with Crippen molar-refractivity contribution in [3.05, 3.63) is 0 Å². The molecule has 0 aliphatic carbocycles. The van der Waals surface area contributed by atoms with Crippen molar-refractivity contribution in [1.82, 2.24) is 0 Å². The van der Waals surface area contributed by atoms with Crippen LogP contribution in [0.2, 0.25) is 0 Å². The molecule has 0 aromatic heterocycles. The van der Waals surface area contributed by atoms with E-state index in [1.54, 1.807) is 0 Å². The molecule has 7 heteroatoms. The van der Waals surface area contributed by atoms with Gasteiger partial charge in [-0.25, -0.2) is 4.39 Å². The number of ether oxygens (including phenoxy) is 1. The van der Waals surface area contributed by atoms with E-state index in [1.165, 1.54) is 0 Å². The van der Waals surface area contributed by atoms with Gasteiger partial charge in [0.25, 0.3) is 10.1 Å². The van der Waals surface area contributed by atoms with Gasteiger partial charge in [0.15, 0.2) is 6.17 Å². The number of carbonyl (C=O) groups is 1. The van der Waals surface area contributed by atoms with Gasteiger partial charge in [0.1, 0.15) is 12.4 Å². The Kier molecular flexibility index (Phi) is 4.11. The number of halogens is 1. The number of hydrogen-bond donors (Lipinski definition) is 1. The van der Waals surface area contributed by atoms with Crippen molar-refractivity contribution < 1.29 is 26.9 Å². The fraction of sp³-hybridized carbons (Fsp3) is 0.800. The first-order valence-electron chi connectivity index (χ1n) is 3.04. The summed E-state index contributed by atoms with van der Waals surface area (Å²) < 4.78 is 44.9. The van der Waals surface area contributed by atoms with Gasteiger partial charge in [-0.05, 0) is 0 Å². The van der Waals surface area contributed by atoms with Crippen LogP contribution in [0, 0.1) is 0 Å². The molecule has 0 saturated heterocycles. The number of hydrogen-bond acceptors (Lipinski definition) is 4. The Balaban J connectivity index is 3.75. The lowest BCUT2D eigenvalue weighted by atomic mass is 10.5. The summed E-state index contributed by atoms with van der Waals surface area (Å²) in [7, 11) is -4.34. The number of rotatable bonds is 4.